The van der Waals surface area contributed by atoms with E-state index >= 15 is 0 Å². The van der Waals surface area contributed by atoms with Crippen LogP contribution >= 0.6 is 0 Å². The Morgan fingerprint density at radius 1 is 1.44 bits per heavy atom. The lowest BCUT2D eigenvalue weighted by Crippen LogP contribution is -2.15. The van der Waals surface area contributed by atoms with E-state index in [0.29, 0.717) is 6.07 Å². The predicted octanol–water partition coefficient (Wildman–Crippen LogP) is 2.79. The number of aromatic carboxylic acids is 1. The lowest BCUT2D eigenvalue weighted by atomic mass is 10.1. The molecule has 0 atom stereocenters. The van der Waals surface area contributed by atoms with Crippen molar-refractivity contribution in [3.63, 3.8) is 0 Å². The van der Waals surface area contributed by atoms with E-state index in [2.05, 4.69) is 5.10 Å². The van der Waals surface area contributed by atoms with Crippen LogP contribution in [-0.2, 0) is 12.7 Å². The van der Waals surface area contributed by atoms with Crippen molar-refractivity contribution in [3.05, 3.63) is 17.5 Å². The minimum atomic E-state index is -4.61. The van der Waals surface area contributed by atoms with Crippen molar-refractivity contribution in [2.45, 2.75) is 38.4 Å². The molecule has 4 nitrogen and oxygen atoms in total. The molecule has 0 aromatic carbocycles. The van der Waals surface area contributed by atoms with E-state index in [1.165, 1.54) is 0 Å². The second-order valence-electron chi connectivity index (χ2n) is 4.55. The highest BCUT2D eigenvalue weighted by molar-refractivity contribution is 5.85. The van der Waals surface area contributed by atoms with Crippen molar-refractivity contribution in [2.75, 3.05) is 0 Å². The molecule has 100 valence electrons. The van der Waals surface area contributed by atoms with Crippen LogP contribution in [0.2, 0.25) is 0 Å². The molecule has 0 radical (unpaired) electrons. The number of carboxylic acids is 1. The largest absolute Gasteiger partial charge is 0.477 e. The van der Waals surface area contributed by atoms with Crippen LogP contribution in [0.4, 0.5) is 13.2 Å². The molecule has 1 aliphatic carbocycles. The van der Waals surface area contributed by atoms with Gasteiger partial charge in [0, 0.05) is 12.6 Å². The molecule has 18 heavy (non-hydrogen) atoms. The molecule has 0 saturated heterocycles. The molecule has 0 bridgehead atoms. The highest BCUT2D eigenvalue weighted by Crippen LogP contribution is 2.30. The van der Waals surface area contributed by atoms with Gasteiger partial charge in [-0.3, -0.25) is 4.68 Å². The fourth-order valence-corrected chi connectivity index (χ4v) is 2.30. The zero-order chi connectivity index (χ0) is 13.3. The Balaban J connectivity index is 2.26. The third-order valence-corrected chi connectivity index (χ3v) is 3.20. The quantitative estimate of drug-likeness (QED) is 0.911. The average molecular weight is 262 g/mol. The number of rotatable bonds is 3. The first-order valence-electron chi connectivity index (χ1n) is 5.76. The zero-order valence-corrected chi connectivity index (χ0v) is 9.57. The maximum atomic E-state index is 12.5. The summed E-state index contributed by atoms with van der Waals surface area (Å²) in [6.07, 6.45) is -0.688. The smallest absolute Gasteiger partial charge is 0.435 e. The fourth-order valence-electron chi connectivity index (χ4n) is 2.30. The van der Waals surface area contributed by atoms with Crippen molar-refractivity contribution < 1.29 is 23.1 Å². The zero-order valence-electron chi connectivity index (χ0n) is 9.57. The molecule has 1 fully saturated rings. The summed E-state index contributed by atoms with van der Waals surface area (Å²) in [5.74, 6) is -1.15. The van der Waals surface area contributed by atoms with Crippen molar-refractivity contribution in [1.29, 1.82) is 0 Å². The maximum Gasteiger partial charge on any atom is 0.435 e. The Morgan fingerprint density at radius 2 is 2.06 bits per heavy atom. The van der Waals surface area contributed by atoms with Crippen LogP contribution in [0.5, 0.6) is 0 Å². The van der Waals surface area contributed by atoms with Crippen LogP contribution in [0.15, 0.2) is 6.07 Å². The molecule has 0 unspecified atom stereocenters. The molecule has 0 spiro atoms. The second-order valence-corrected chi connectivity index (χ2v) is 4.55. The third-order valence-electron chi connectivity index (χ3n) is 3.20. The van der Waals surface area contributed by atoms with Gasteiger partial charge in [-0.1, -0.05) is 12.8 Å². The predicted molar refractivity (Wildman–Crippen MR) is 56.1 cm³/mol. The van der Waals surface area contributed by atoms with Crippen LogP contribution in [0, 0.1) is 5.92 Å². The van der Waals surface area contributed by atoms with E-state index < -0.39 is 23.5 Å². The van der Waals surface area contributed by atoms with Crippen LogP contribution in [0.1, 0.15) is 41.9 Å². The lowest BCUT2D eigenvalue weighted by molar-refractivity contribution is -0.141. The summed E-state index contributed by atoms with van der Waals surface area (Å²) in [6, 6.07) is 0.595. The molecule has 2 rings (SSSR count). The normalized spacial score (nSPS) is 17.3. The first-order chi connectivity index (χ1) is 8.38. The number of carboxylic acid groups (broad SMARTS) is 1. The molecule has 1 heterocycles. The van der Waals surface area contributed by atoms with Gasteiger partial charge in [-0.05, 0) is 18.8 Å². The number of halogens is 3. The van der Waals surface area contributed by atoms with E-state index in [4.69, 9.17) is 5.11 Å². The number of carbonyl (C=O) groups is 1. The molecule has 1 aliphatic rings. The molecule has 1 saturated carbocycles. The molecule has 0 aliphatic heterocycles. The van der Waals surface area contributed by atoms with E-state index in [-0.39, 0.29) is 12.5 Å². The van der Waals surface area contributed by atoms with Gasteiger partial charge in [-0.15, -0.1) is 0 Å². The monoisotopic (exact) mass is 262 g/mol. The second kappa shape index (κ2) is 4.62. The number of hydrogen-bond donors (Lipinski definition) is 1. The van der Waals surface area contributed by atoms with Gasteiger partial charge in [-0.25, -0.2) is 4.79 Å². The number of alkyl halides is 3. The van der Waals surface area contributed by atoms with Gasteiger partial charge in [0.1, 0.15) is 5.69 Å². The Bertz CT molecular complexity index is 448. The Morgan fingerprint density at radius 3 is 2.56 bits per heavy atom. The van der Waals surface area contributed by atoms with Gasteiger partial charge in [0.15, 0.2) is 5.69 Å². The molecule has 1 aromatic heterocycles. The summed E-state index contributed by atoms with van der Waals surface area (Å²) in [4.78, 5) is 10.9. The van der Waals surface area contributed by atoms with Gasteiger partial charge in [-0.2, -0.15) is 18.3 Å². The molecule has 0 amide bonds. The van der Waals surface area contributed by atoms with Crippen LogP contribution in [0.25, 0.3) is 0 Å². The van der Waals surface area contributed by atoms with Crippen LogP contribution in [0.3, 0.4) is 0 Å². The number of hydrogen-bond acceptors (Lipinski definition) is 2. The van der Waals surface area contributed by atoms with Crippen LogP contribution in [-0.4, -0.2) is 20.9 Å². The highest BCUT2D eigenvalue weighted by Gasteiger charge is 2.36. The van der Waals surface area contributed by atoms with E-state index in [9.17, 15) is 18.0 Å². The topological polar surface area (TPSA) is 55.1 Å². The summed E-state index contributed by atoms with van der Waals surface area (Å²) in [7, 11) is 0. The third kappa shape index (κ3) is 2.65. The minimum absolute atomic E-state index is 0.226. The number of nitrogens with zero attached hydrogens (tertiary/aromatic N) is 2. The molecular formula is C11H13F3N2O2. The van der Waals surface area contributed by atoms with Gasteiger partial charge < -0.3 is 5.11 Å². The standard InChI is InChI=1S/C11H13F3N2O2/c12-11(13,14)9-5-8(10(17)18)16(15-9)6-7-3-1-2-4-7/h5,7H,1-4,6H2,(H,17,18). The van der Waals surface area contributed by atoms with Gasteiger partial charge in [0.2, 0.25) is 0 Å². The number of aromatic nitrogens is 2. The summed E-state index contributed by atoms with van der Waals surface area (Å²) in [5.41, 5.74) is -1.54. The van der Waals surface area contributed by atoms with Gasteiger partial charge >= 0.3 is 12.1 Å². The molecular weight excluding hydrogens is 249 g/mol. The first kappa shape index (κ1) is 12.9. The van der Waals surface area contributed by atoms with E-state index in [0.717, 1.165) is 30.4 Å². The lowest BCUT2D eigenvalue weighted by Gasteiger charge is -2.10. The van der Waals surface area contributed by atoms with Crippen molar-refractivity contribution >= 4 is 5.97 Å². The van der Waals surface area contributed by atoms with Gasteiger partial charge in [0.25, 0.3) is 0 Å². The maximum absolute atomic E-state index is 12.5. The van der Waals surface area contributed by atoms with Gasteiger partial charge in [0.05, 0.1) is 0 Å². The van der Waals surface area contributed by atoms with E-state index in [1.807, 2.05) is 0 Å². The Labute approximate surface area is 101 Å². The molecule has 7 heteroatoms. The average Bonchev–Trinajstić information content (AvgIpc) is 2.85. The fraction of sp³-hybridized carbons (Fsp3) is 0.636. The summed E-state index contributed by atoms with van der Waals surface area (Å²) in [6.45, 7) is 0.248. The van der Waals surface area contributed by atoms with Crippen LogP contribution < -0.4 is 0 Å². The van der Waals surface area contributed by atoms with E-state index in [1.54, 1.807) is 0 Å². The minimum Gasteiger partial charge on any atom is -0.477 e. The highest BCUT2D eigenvalue weighted by atomic mass is 19.4. The first-order valence-corrected chi connectivity index (χ1v) is 5.76. The molecule has 1 N–H and O–H groups in total. The SMILES string of the molecule is O=C(O)c1cc(C(F)(F)F)nn1CC1CCCC1. The van der Waals surface area contributed by atoms with Crippen molar-refractivity contribution in [2.24, 2.45) is 5.92 Å². The summed E-state index contributed by atoms with van der Waals surface area (Å²) in [5, 5.41) is 12.3. The Kier molecular flexibility index (Phi) is 3.32. The Hall–Kier alpha value is -1.53. The van der Waals surface area contributed by atoms with Crippen molar-refractivity contribution in [1.82, 2.24) is 9.78 Å². The molecule has 1 aromatic rings. The van der Waals surface area contributed by atoms with Crippen molar-refractivity contribution in [3.8, 4) is 0 Å². The summed E-state index contributed by atoms with van der Waals surface area (Å²) < 4.78 is 38.4. The summed E-state index contributed by atoms with van der Waals surface area (Å²) >= 11 is 0.